The van der Waals surface area contributed by atoms with E-state index in [4.69, 9.17) is 5.11 Å². The molecule has 1 N–H and O–H groups in total. The first-order chi connectivity index (χ1) is 5.79. The van der Waals surface area contributed by atoms with E-state index in [1.165, 1.54) is 4.90 Å². The molecule has 0 bridgehead atoms. The molecule has 64 valence electrons. The Kier molecular flexibility index (Phi) is 1.56. The summed E-state index contributed by atoms with van der Waals surface area (Å²) in [4.78, 5) is 20.2. The Labute approximate surface area is 69.4 Å². The van der Waals surface area contributed by atoms with E-state index in [1.54, 1.807) is 6.21 Å². The lowest BCUT2D eigenvalue weighted by Crippen LogP contribution is -2.42. The fraction of sp³-hybridized carbons (Fsp3) is 0.571. The minimum atomic E-state index is -0.907. The number of amides is 1. The van der Waals surface area contributed by atoms with Gasteiger partial charge in [-0.1, -0.05) is 0 Å². The van der Waals surface area contributed by atoms with Gasteiger partial charge in [-0.25, -0.2) is 4.79 Å². The molecular formula is C7H9N3O2. The summed E-state index contributed by atoms with van der Waals surface area (Å²) in [6, 6.07) is -0.0903. The van der Waals surface area contributed by atoms with Gasteiger partial charge in [-0.15, -0.1) is 0 Å². The molecule has 0 aromatic heterocycles. The highest BCUT2D eigenvalue weighted by molar-refractivity contribution is 6.03. The molecule has 1 unspecified atom stereocenters. The largest absolute Gasteiger partial charge is 0.465 e. The molecule has 2 aliphatic rings. The van der Waals surface area contributed by atoms with Crippen molar-refractivity contribution in [1.29, 1.82) is 0 Å². The molecule has 1 atom stereocenters. The summed E-state index contributed by atoms with van der Waals surface area (Å²) in [7, 11) is 0. The van der Waals surface area contributed by atoms with Crippen molar-refractivity contribution in [1.82, 2.24) is 4.90 Å². The van der Waals surface area contributed by atoms with Gasteiger partial charge in [0.15, 0.2) is 0 Å². The number of carboxylic acid groups (broad SMARTS) is 1. The molecule has 0 aliphatic carbocycles. The van der Waals surface area contributed by atoms with Crippen LogP contribution in [0.3, 0.4) is 0 Å². The molecule has 0 aromatic carbocycles. The summed E-state index contributed by atoms with van der Waals surface area (Å²) in [6.45, 7) is 0.809. The second-order valence-corrected chi connectivity index (χ2v) is 2.81. The second-order valence-electron chi connectivity index (χ2n) is 2.81. The molecule has 12 heavy (non-hydrogen) atoms. The number of rotatable bonds is 0. The molecule has 0 spiro atoms. The second kappa shape index (κ2) is 2.58. The lowest BCUT2D eigenvalue weighted by Gasteiger charge is -2.22. The van der Waals surface area contributed by atoms with E-state index in [0.717, 1.165) is 5.71 Å². The van der Waals surface area contributed by atoms with E-state index < -0.39 is 6.09 Å². The Morgan fingerprint density at radius 1 is 1.75 bits per heavy atom. The van der Waals surface area contributed by atoms with Gasteiger partial charge in [-0.2, -0.15) is 0 Å². The molecular weight excluding hydrogens is 158 g/mol. The fourth-order valence-corrected chi connectivity index (χ4v) is 1.48. The monoisotopic (exact) mass is 167 g/mol. The van der Waals surface area contributed by atoms with Crippen LogP contribution >= 0.6 is 0 Å². The highest BCUT2D eigenvalue weighted by Gasteiger charge is 2.32. The topological polar surface area (TPSA) is 65.3 Å². The molecule has 2 rings (SSSR count). The molecule has 0 saturated carbocycles. The maximum absolute atomic E-state index is 10.7. The number of fused-ring (bicyclic) bond motifs is 1. The molecule has 0 aromatic rings. The van der Waals surface area contributed by atoms with Crippen LogP contribution in [0, 0.1) is 0 Å². The van der Waals surface area contributed by atoms with Gasteiger partial charge in [0, 0.05) is 18.3 Å². The van der Waals surface area contributed by atoms with Crippen molar-refractivity contribution in [2.75, 3.05) is 13.2 Å². The van der Waals surface area contributed by atoms with Crippen LogP contribution in [-0.2, 0) is 0 Å². The van der Waals surface area contributed by atoms with E-state index in [-0.39, 0.29) is 12.7 Å². The van der Waals surface area contributed by atoms with Gasteiger partial charge in [0.05, 0.1) is 12.6 Å². The van der Waals surface area contributed by atoms with Crippen molar-refractivity contribution in [3.05, 3.63) is 0 Å². The zero-order valence-electron chi connectivity index (χ0n) is 6.47. The third kappa shape index (κ3) is 0.975. The van der Waals surface area contributed by atoms with Crippen molar-refractivity contribution in [2.24, 2.45) is 9.98 Å². The first-order valence-corrected chi connectivity index (χ1v) is 3.80. The van der Waals surface area contributed by atoms with E-state index in [2.05, 4.69) is 9.98 Å². The summed E-state index contributed by atoms with van der Waals surface area (Å²) in [6.07, 6.45) is 1.59. The van der Waals surface area contributed by atoms with Gasteiger partial charge < -0.3 is 5.11 Å². The average molecular weight is 167 g/mol. The van der Waals surface area contributed by atoms with Crippen LogP contribution in [0.4, 0.5) is 4.79 Å². The Balaban J connectivity index is 2.18. The van der Waals surface area contributed by atoms with Crippen molar-refractivity contribution >= 4 is 18.0 Å². The highest BCUT2D eigenvalue weighted by Crippen LogP contribution is 2.15. The van der Waals surface area contributed by atoms with Gasteiger partial charge in [0.25, 0.3) is 0 Å². The van der Waals surface area contributed by atoms with Gasteiger partial charge in [0.2, 0.25) is 0 Å². The Morgan fingerprint density at radius 2 is 2.58 bits per heavy atom. The summed E-state index contributed by atoms with van der Waals surface area (Å²) in [5.74, 6) is 0. The highest BCUT2D eigenvalue weighted by atomic mass is 16.4. The van der Waals surface area contributed by atoms with Crippen molar-refractivity contribution < 1.29 is 9.90 Å². The zero-order valence-corrected chi connectivity index (χ0v) is 6.47. The van der Waals surface area contributed by atoms with Crippen LogP contribution in [0.25, 0.3) is 0 Å². The van der Waals surface area contributed by atoms with Crippen molar-refractivity contribution in [3.8, 4) is 0 Å². The molecule has 0 fully saturated rings. The van der Waals surface area contributed by atoms with Crippen LogP contribution in [0.15, 0.2) is 9.98 Å². The van der Waals surface area contributed by atoms with E-state index in [0.29, 0.717) is 13.0 Å². The standard InChI is InChI=1S/C7H9N3O2/c11-7(12)10-4-9-5-1-2-8-3-6(5)10/h2,6H,1,3-4H2,(H,11,12). The molecule has 2 aliphatic heterocycles. The van der Waals surface area contributed by atoms with Gasteiger partial charge in [-0.05, 0) is 0 Å². The quantitative estimate of drug-likeness (QED) is 0.561. The smallest absolute Gasteiger partial charge is 0.409 e. The summed E-state index contributed by atoms with van der Waals surface area (Å²) in [5, 5.41) is 8.75. The maximum Gasteiger partial charge on any atom is 0.409 e. The normalized spacial score (nSPS) is 26.8. The predicted octanol–water partition coefficient (Wildman–Crippen LogP) is 0.222. The van der Waals surface area contributed by atoms with Gasteiger partial charge in [-0.3, -0.25) is 14.9 Å². The van der Waals surface area contributed by atoms with Gasteiger partial charge in [0.1, 0.15) is 6.67 Å². The minimum absolute atomic E-state index is 0.0903. The lowest BCUT2D eigenvalue weighted by molar-refractivity contribution is 0.144. The van der Waals surface area contributed by atoms with Crippen molar-refractivity contribution in [2.45, 2.75) is 12.5 Å². The predicted molar refractivity (Wildman–Crippen MR) is 43.9 cm³/mol. The molecule has 5 nitrogen and oxygen atoms in total. The van der Waals surface area contributed by atoms with Crippen LogP contribution in [0.2, 0.25) is 0 Å². The Hall–Kier alpha value is -1.39. The zero-order chi connectivity index (χ0) is 8.55. The van der Waals surface area contributed by atoms with Crippen LogP contribution in [0.1, 0.15) is 6.42 Å². The van der Waals surface area contributed by atoms with Crippen LogP contribution in [-0.4, -0.2) is 47.3 Å². The minimum Gasteiger partial charge on any atom is -0.465 e. The number of nitrogens with zero attached hydrogens (tertiary/aromatic N) is 3. The number of carbonyl (C=O) groups is 1. The fourth-order valence-electron chi connectivity index (χ4n) is 1.48. The summed E-state index contributed by atoms with van der Waals surface area (Å²) < 4.78 is 0. The first-order valence-electron chi connectivity index (χ1n) is 3.80. The Morgan fingerprint density at radius 3 is 3.33 bits per heavy atom. The van der Waals surface area contributed by atoms with E-state index in [1.807, 2.05) is 0 Å². The van der Waals surface area contributed by atoms with E-state index >= 15 is 0 Å². The SMILES string of the molecule is O=C(O)N1CN=C2CC=NCC21. The van der Waals surface area contributed by atoms with E-state index in [9.17, 15) is 4.79 Å². The molecule has 0 radical (unpaired) electrons. The number of hydrogen-bond acceptors (Lipinski definition) is 3. The third-order valence-corrected chi connectivity index (χ3v) is 2.14. The first kappa shape index (κ1) is 7.27. The summed E-state index contributed by atoms with van der Waals surface area (Å²) >= 11 is 0. The Bertz CT molecular complexity index is 272. The summed E-state index contributed by atoms with van der Waals surface area (Å²) in [5.41, 5.74) is 0.951. The molecule has 5 heteroatoms. The molecule has 0 saturated heterocycles. The average Bonchev–Trinajstić information content (AvgIpc) is 2.47. The molecule has 2 heterocycles. The number of hydrogen-bond donors (Lipinski definition) is 1. The maximum atomic E-state index is 10.7. The van der Waals surface area contributed by atoms with Gasteiger partial charge >= 0.3 is 6.09 Å². The molecule has 1 amide bonds. The third-order valence-electron chi connectivity index (χ3n) is 2.14. The van der Waals surface area contributed by atoms with Crippen LogP contribution < -0.4 is 0 Å². The lowest BCUT2D eigenvalue weighted by atomic mass is 10.1. The van der Waals surface area contributed by atoms with Crippen LogP contribution in [0.5, 0.6) is 0 Å². The van der Waals surface area contributed by atoms with Crippen molar-refractivity contribution in [3.63, 3.8) is 0 Å². The number of aliphatic imine (C=N–C) groups is 2.